The molecule has 2 heterocycles. The molecule has 9 nitrogen and oxygen atoms in total. The van der Waals surface area contributed by atoms with Crippen molar-refractivity contribution in [2.75, 3.05) is 19.1 Å². The molecule has 1 aliphatic carbocycles. The summed E-state index contributed by atoms with van der Waals surface area (Å²) in [5, 5.41) is 7.13. The van der Waals surface area contributed by atoms with Crippen molar-refractivity contribution in [3.63, 3.8) is 0 Å². The number of rotatable bonds is 5. The fraction of sp³-hybridized carbons (Fsp3) is 0.333. The number of nitrogens with zero attached hydrogens (tertiary/aromatic N) is 3. The number of anilines is 1. The zero-order valence-electron chi connectivity index (χ0n) is 18.4. The Morgan fingerprint density at radius 2 is 1.82 bits per heavy atom. The van der Waals surface area contributed by atoms with E-state index < -0.39 is 6.03 Å². The third-order valence-electron chi connectivity index (χ3n) is 6.35. The molecule has 2 fully saturated rings. The summed E-state index contributed by atoms with van der Waals surface area (Å²) in [6, 6.07) is 13.7. The Morgan fingerprint density at radius 3 is 2.58 bits per heavy atom. The van der Waals surface area contributed by atoms with Crippen molar-refractivity contribution >= 4 is 17.6 Å². The van der Waals surface area contributed by atoms with Gasteiger partial charge in [-0.2, -0.15) is 4.98 Å². The smallest absolute Gasteiger partial charge is 0.328 e. The van der Waals surface area contributed by atoms with Crippen molar-refractivity contribution in [1.29, 1.82) is 0 Å². The number of amides is 3. The molecular formula is C24H24N4O5. The SMILES string of the molecule is COc1ccc(-c2noc(C3CCC4C(=O)N(c5cccc(OC)c5)C(=O)NC4C3)n2)cc1. The molecule has 9 heteroatoms. The summed E-state index contributed by atoms with van der Waals surface area (Å²) >= 11 is 0. The Hall–Kier alpha value is -3.88. The lowest BCUT2D eigenvalue weighted by Gasteiger charge is -2.41. The van der Waals surface area contributed by atoms with Gasteiger partial charge in [0.15, 0.2) is 0 Å². The molecule has 1 saturated carbocycles. The molecule has 0 radical (unpaired) electrons. The van der Waals surface area contributed by atoms with E-state index in [1.54, 1.807) is 38.5 Å². The quantitative estimate of drug-likeness (QED) is 0.633. The minimum atomic E-state index is -0.431. The number of methoxy groups -OCH3 is 2. The summed E-state index contributed by atoms with van der Waals surface area (Å²) in [5.41, 5.74) is 1.33. The fourth-order valence-corrected chi connectivity index (χ4v) is 4.59. The van der Waals surface area contributed by atoms with E-state index >= 15 is 0 Å². The summed E-state index contributed by atoms with van der Waals surface area (Å²) in [5.74, 6) is 1.85. The van der Waals surface area contributed by atoms with Gasteiger partial charge in [0, 0.05) is 23.6 Å². The van der Waals surface area contributed by atoms with E-state index in [0.29, 0.717) is 36.0 Å². The second kappa shape index (κ2) is 8.57. The van der Waals surface area contributed by atoms with Crippen LogP contribution in [0.2, 0.25) is 0 Å². The summed E-state index contributed by atoms with van der Waals surface area (Å²) < 4.78 is 16.0. The second-order valence-corrected chi connectivity index (χ2v) is 8.23. The van der Waals surface area contributed by atoms with E-state index in [2.05, 4.69) is 15.5 Å². The molecular weight excluding hydrogens is 424 g/mol. The van der Waals surface area contributed by atoms with Gasteiger partial charge in [0.1, 0.15) is 11.5 Å². The van der Waals surface area contributed by atoms with Gasteiger partial charge in [-0.1, -0.05) is 11.2 Å². The van der Waals surface area contributed by atoms with Crippen LogP contribution >= 0.6 is 0 Å². The van der Waals surface area contributed by atoms with E-state index in [-0.39, 0.29) is 23.8 Å². The number of urea groups is 1. The van der Waals surface area contributed by atoms with Crippen LogP contribution in [0.4, 0.5) is 10.5 Å². The zero-order valence-corrected chi connectivity index (χ0v) is 18.4. The van der Waals surface area contributed by atoms with Gasteiger partial charge >= 0.3 is 6.03 Å². The highest BCUT2D eigenvalue weighted by molar-refractivity contribution is 6.17. The third-order valence-corrected chi connectivity index (χ3v) is 6.35. The number of aromatic nitrogens is 2. The van der Waals surface area contributed by atoms with Crippen LogP contribution in [0.15, 0.2) is 53.1 Å². The molecule has 1 N–H and O–H groups in total. The molecule has 1 aromatic heterocycles. The molecule has 170 valence electrons. The van der Waals surface area contributed by atoms with Crippen LogP contribution in [0.25, 0.3) is 11.4 Å². The van der Waals surface area contributed by atoms with E-state index in [1.165, 1.54) is 4.90 Å². The summed E-state index contributed by atoms with van der Waals surface area (Å²) in [7, 11) is 3.16. The summed E-state index contributed by atoms with van der Waals surface area (Å²) in [6.07, 6.45) is 1.91. The molecule has 1 aliphatic heterocycles. The van der Waals surface area contributed by atoms with Crippen molar-refractivity contribution < 1.29 is 23.6 Å². The van der Waals surface area contributed by atoms with E-state index in [9.17, 15) is 9.59 Å². The first-order valence-corrected chi connectivity index (χ1v) is 10.8. The van der Waals surface area contributed by atoms with Gasteiger partial charge in [-0.15, -0.1) is 0 Å². The third kappa shape index (κ3) is 3.90. The van der Waals surface area contributed by atoms with Crippen LogP contribution in [-0.4, -0.2) is 42.3 Å². The highest BCUT2D eigenvalue weighted by Gasteiger charge is 2.46. The largest absolute Gasteiger partial charge is 0.497 e. The van der Waals surface area contributed by atoms with Crippen LogP contribution in [0.5, 0.6) is 11.5 Å². The molecule has 0 bridgehead atoms. The Labute approximate surface area is 190 Å². The Kier molecular flexibility index (Phi) is 5.45. The van der Waals surface area contributed by atoms with Crippen molar-refractivity contribution in [2.45, 2.75) is 31.2 Å². The first kappa shape index (κ1) is 21.0. The molecule has 2 aliphatic rings. The topological polar surface area (TPSA) is 107 Å². The van der Waals surface area contributed by atoms with Gasteiger partial charge in [-0.25, -0.2) is 9.69 Å². The maximum Gasteiger partial charge on any atom is 0.328 e. The van der Waals surface area contributed by atoms with Gasteiger partial charge < -0.3 is 19.3 Å². The maximum absolute atomic E-state index is 13.2. The molecule has 5 rings (SSSR count). The number of hydrogen-bond acceptors (Lipinski definition) is 7. The molecule has 3 atom stereocenters. The number of fused-ring (bicyclic) bond motifs is 1. The van der Waals surface area contributed by atoms with Crippen molar-refractivity contribution in [1.82, 2.24) is 15.5 Å². The lowest BCUT2D eigenvalue weighted by atomic mass is 9.76. The number of hydrogen-bond donors (Lipinski definition) is 1. The van der Waals surface area contributed by atoms with E-state index in [0.717, 1.165) is 17.7 Å². The van der Waals surface area contributed by atoms with Crippen LogP contribution in [-0.2, 0) is 4.79 Å². The van der Waals surface area contributed by atoms with E-state index in [1.807, 2.05) is 24.3 Å². The van der Waals surface area contributed by atoms with Gasteiger partial charge in [0.25, 0.3) is 0 Å². The van der Waals surface area contributed by atoms with Gasteiger partial charge in [-0.05, 0) is 55.7 Å². The highest BCUT2D eigenvalue weighted by atomic mass is 16.5. The Balaban J connectivity index is 1.31. The molecule has 0 spiro atoms. The Bertz CT molecular complexity index is 1180. The molecule has 3 unspecified atom stereocenters. The van der Waals surface area contributed by atoms with Crippen LogP contribution in [0, 0.1) is 5.92 Å². The van der Waals surface area contributed by atoms with Crippen molar-refractivity contribution in [2.24, 2.45) is 5.92 Å². The fourth-order valence-electron chi connectivity index (χ4n) is 4.59. The number of carbonyl (C=O) groups is 2. The van der Waals surface area contributed by atoms with E-state index in [4.69, 9.17) is 14.0 Å². The number of nitrogens with one attached hydrogen (secondary N) is 1. The lowest BCUT2D eigenvalue weighted by Crippen LogP contribution is -2.61. The normalized spacial score (nSPS) is 22.5. The zero-order chi connectivity index (χ0) is 22.9. The lowest BCUT2D eigenvalue weighted by molar-refractivity contribution is -0.124. The molecule has 2 aromatic carbocycles. The second-order valence-electron chi connectivity index (χ2n) is 8.23. The predicted octanol–water partition coefficient (Wildman–Crippen LogP) is 3.76. The number of carbonyl (C=O) groups excluding carboxylic acids is 2. The van der Waals surface area contributed by atoms with Gasteiger partial charge in [0.2, 0.25) is 17.6 Å². The summed E-state index contributed by atoms with van der Waals surface area (Å²) in [4.78, 5) is 31.8. The monoisotopic (exact) mass is 448 g/mol. The minimum Gasteiger partial charge on any atom is -0.497 e. The average Bonchev–Trinajstić information content (AvgIpc) is 3.34. The number of imide groups is 1. The standard InChI is InChI=1S/C24H24N4O5/c1-31-17-9-6-14(7-10-17)21-26-22(33-27-21)15-8-11-19-20(12-15)25-24(30)28(23(19)29)16-4-3-5-18(13-16)32-2/h3-7,9-10,13,15,19-20H,8,11-12H2,1-2H3,(H,25,30). The Morgan fingerprint density at radius 1 is 1.03 bits per heavy atom. The van der Waals surface area contributed by atoms with Gasteiger partial charge in [-0.3, -0.25) is 4.79 Å². The predicted molar refractivity (Wildman–Crippen MR) is 119 cm³/mol. The summed E-state index contributed by atoms with van der Waals surface area (Å²) in [6.45, 7) is 0. The van der Waals surface area contributed by atoms with Crippen LogP contribution in [0.1, 0.15) is 31.1 Å². The first-order chi connectivity index (χ1) is 16.1. The highest BCUT2D eigenvalue weighted by Crippen LogP contribution is 2.39. The average molecular weight is 448 g/mol. The van der Waals surface area contributed by atoms with Gasteiger partial charge in [0.05, 0.1) is 25.8 Å². The first-order valence-electron chi connectivity index (χ1n) is 10.8. The molecule has 1 saturated heterocycles. The van der Waals surface area contributed by atoms with Crippen molar-refractivity contribution in [3.05, 3.63) is 54.4 Å². The van der Waals surface area contributed by atoms with Crippen LogP contribution in [0.3, 0.4) is 0 Å². The molecule has 3 amide bonds. The molecule has 3 aromatic rings. The van der Waals surface area contributed by atoms with Crippen LogP contribution < -0.4 is 19.7 Å². The maximum atomic E-state index is 13.2. The van der Waals surface area contributed by atoms with Crippen molar-refractivity contribution in [3.8, 4) is 22.9 Å². The number of ether oxygens (including phenoxy) is 2. The number of benzene rings is 2. The minimum absolute atomic E-state index is 0.0257. The molecule has 33 heavy (non-hydrogen) atoms.